The number of carbonyl (C=O) groups excluding carboxylic acids is 2. The maximum atomic E-state index is 12.6. The highest BCUT2D eigenvalue weighted by Crippen LogP contribution is 2.32. The molecule has 3 rings (SSSR count). The van der Waals surface area contributed by atoms with Crippen LogP contribution in [0.2, 0.25) is 0 Å². The highest BCUT2D eigenvalue weighted by Gasteiger charge is 2.36. The number of hydrogen-bond acceptors (Lipinski definition) is 3. The predicted molar refractivity (Wildman–Crippen MR) is 96.8 cm³/mol. The number of para-hydroxylation sites is 1. The maximum absolute atomic E-state index is 12.6. The van der Waals surface area contributed by atoms with Gasteiger partial charge in [-0.15, -0.1) is 0 Å². The quantitative estimate of drug-likeness (QED) is 0.910. The van der Waals surface area contributed by atoms with E-state index >= 15 is 0 Å². The molecule has 2 aromatic carbocycles. The first kappa shape index (κ1) is 17.0. The highest BCUT2D eigenvalue weighted by atomic mass is 16.5. The molecule has 1 heterocycles. The lowest BCUT2D eigenvalue weighted by Gasteiger charge is -2.23. The predicted octanol–water partition coefficient (Wildman–Crippen LogP) is 2.33. The molecule has 1 aliphatic rings. The van der Waals surface area contributed by atoms with Crippen LogP contribution in [0, 0.1) is 0 Å². The minimum Gasteiger partial charge on any atom is -0.497 e. The third kappa shape index (κ3) is 3.65. The van der Waals surface area contributed by atoms with Gasteiger partial charge in [0.1, 0.15) is 11.8 Å². The summed E-state index contributed by atoms with van der Waals surface area (Å²) in [4.78, 5) is 26.2. The molecule has 130 valence electrons. The van der Waals surface area contributed by atoms with Crippen molar-refractivity contribution in [3.63, 3.8) is 0 Å². The molecule has 0 radical (unpaired) electrons. The van der Waals surface area contributed by atoms with E-state index in [-0.39, 0.29) is 11.8 Å². The van der Waals surface area contributed by atoms with Gasteiger partial charge >= 0.3 is 0 Å². The number of hydrogen-bond donors (Lipinski definition) is 1. The lowest BCUT2D eigenvalue weighted by molar-refractivity contribution is -0.125. The summed E-state index contributed by atoms with van der Waals surface area (Å²) in [6.45, 7) is 2.02. The number of nitrogens with zero attached hydrogens (tertiary/aromatic N) is 1. The molecular weight excluding hydrogens is 316 g/mol. The molecule has 2 amide bonds. The Hall–Kier alpha value is -2.82. The number of anilines is 1. The van der Waals surface area contributed by atoms with E-state index in [2.05, 4.69) is 5.32 Å². The molecule has 0 bridgehead atoms. The maximum Gasteiger partial charge on any atom is 0.243 e. The van der Waals surface area contributed by atoms with Crippen LogP contribution in [-0.4, -0.2) is 31.5 Å². The lowest BCUT2D eigenvalue weighted by Crippen LogP contribution is -2.47. The van der Waals surface area contributed by atoms with E-state index < -0.39 is 6.04 Å². The molecule has 2 aromatic rings. The second kappa shape index (κ2) is 7.38. The molecule has 1 aliphatic heterocycles. The minimum atomic E-state index is -0.472. The van der Waals surface area contributed by atoms with Crippen molar-refractivity contribution in [3.05, 3.63) is 59.7 Å². The van der Waals surface area contributed by atoms with Gasteiger partial charge in [0.05, 0.1) is 7.11 Å². The number of carbonyl (C=O) groups is 2. The van der Waals surface area contributed by atoms with Gasteiger partial charge in [-0.25, -0.2) is 0 Å². The Labute approximate surface area is 147 Å². The van der Waals surface area contributed by atoms with Crippen LogP contribution < -0.4 is 15.0 Å². The zero-order valence-corrected chi connectivity index (χ0v) is 14.5. The number of rotatable bonds is 5. The van der Waals surface area contributed by atoms with Crippen molar-refractivity contribution in [2.75, 3.05) is 18.6 Å². The molecule has 5 heteroatoms. The minimum absolute atomic E-state index is 0.113. The van der Waals surface area contributed by atoms with Crippen LogP contribution in [0.25, 0.3) is 0 Å². The van der Waals surface area contributed by atoms with E-state index in [1.54, 1.807) is 12.0 Å². The summed E-state index contributed by atoms with van der Waals surface area (Å²) in [5.74, 6) is 0.574. The lowest BCUT2D eigenvalue weighted by atomic mass is 10.1. The van der Waals surface area contributed by atoms with Gasteiger partial charge in [-0.2, -0.15) is 0 Å². The zero-order chi connectivity index (χ0) is 17.8. The fourth-order valence-electron chi connectivity index (χ4n) is 3.26. The summed E-state index contributed by atoms with van der Waals surface area (Å²) in [6.07, 6.45) is 1.27. The summed E-state index contributed by atoms with van der Waals surface area (Å²) in [7, 11) is 1.63. The van der Waals surface area contributed by atoms with Crippen LogP contribution in [0.3, 0.4) is 0 Å². The fraction of sp³-hybridized carbons (Fsp3) is 0.300. The van der Waals surface area contributed by atoms with Gasteiger partial charge < -0.3 is 10.1 Å². The number of amides is 2. The van der Waals surface area contributed by atoms with Crippen LogP contribution in [0.5, 0.6) is 5.75 Å². The Morgan fingerprint density at radius 1 is 1.20 bits per heavy atom. The number of nitrogens with one attached hydrogen (secondary N) is 1. The molecule has 5 nitrogen and oxygen atoms in total. The normalized spacial score (nSPS) is 15.6. The van der Waals surface area contributed by atoms with Gasteiger partial charge in [-0.3, -0.25) is 14.5 Å². The summed E-state index contributed by atoms with van der Waals surface area (Å²) >= 11 is 0. The number of benzene rings is 2. The van der Waals surface area contributed by atoms with E-state index in [4.69, 9.17) is 4.74 Å². The Morgan fingerprint density at radius 3 is 2.76 bits per heavy atom. The molecule has 0 unspecified atom stereocenters. The van der Waals surface area contributed by atoms with Crippen molar-refractivity contribution in [3.8, 4) is 5.75 Å². The van der Waals surface area contributed by atoms with E-state index in [0.717, 1.165) is 22.6 Å². The molecule has 25 heavy (non-hydrogen) atoms. The molecule has 0 fully saturated rings. The highest BCUT2D eigenvalue weighted by molar-refractivity contribution is 6.02. The van der Waals surface area contributed by atoms with Gasteiger partial charge in [0.2, 0.25) is 11.8 Å². The average molecular weight is 338 g/mol. The third-order valence-electron chi connectivity index (χ3n) is 4.47. The summed E-state index contributed by atoms with van der Waals surface area (Å²) in [5, 5.41) is 2.96. The van der Waals surface area contributed by atoms with Crippen molar-refractivity contribution in [2.24, 2.45) is 0 Å². The molecule has 1 atom stereocenters. The molecule has 1 N–H and O–H groups in total. The summed E-state index contributed by atoms with van der Waals surface area (Å²) < 4.78 is 5.21. The topological polar surface area (TPSA) is 58.6 Å². The largest absolute Gasteiger partial charge is 0.497 e. The Kier molecular flexibility index (Phi) is 5.03. The number of fused-ring (bicyclic) bond motifs is 1. The van der Waals surface area contributed by atoms with Crippen LogP contribution in [0.4, 0.5) is 5.69 Å². The Bertz CT molecular complexity index is 788. The van der Waals surface area contributed by atoms with Crippen molar-refractivity contribution >= 4 is 17.5 Å². The fourth-order valence-corrected chi connectivity index (χ4v) is 3.26. The number of ether oxygens (including phenoxy) is 1. The monoisotopic (exact) mass is 338 g/mol. The van der Waals surface area contributed by atoms with E-state index in [9.17, 15) is 9.59 Å². The van der Waals surface area contributed by atoms with Crippen LogP contribution >= 0.6 is 0 Å². The molecule has 0 spiro atoms. The van der Waals surface area contributed by atoms with Gasteiger partial charge in [0.25, 0.3) is 0 Å². The SMILES string of the molecule is COc1cccc(CCNC(=O)[C@H]2Cc3ccccc3N2C(C)=O)c1. The van der Waals surface area contributed by atoms with Crippen molar-refractivity contribution in [1.82, 2.24) is 5.32 Å². The van der Waals surface area contributed by atoms with E-state index in [1.807, 2.05) is 48.5 Å². The molecule has 0 aromatic heterocycles. The van der Waals surface area contributed by atoms with Gasteiger partial charge in [-0.1, -0.05) is 30.3 Å². The first-order valence-electron chi connectivity index (χ1n) is 8.38. The molecular formula is C20H22N2O3. The van der Waals surface area contributed by atoms with Crippen LogP contribution in [0.1, 0.15) is 18.1 Å². The Balaban J connectivity index is 1.62. The van der Waals surface area contributed by atoms with Crippen LogP contribution in [-0.2, 0) is 22.4 Å². The third-order valence-corrected chi connectivity index (χ3v) is 4.47. The van der Waals surface area contributed by atoms with E-state index in [1.165, 1.54) is 6.92 Å². The second-order valence-electron chi connectivity index (χ2n) is 6.13. The first-order chi connectivity index (χ1) is 12.1. The first-order valence-corrected chi connectivity index (χ1v) is 8.38. The van der Waals surface area contributed by atoms with Crippen molar-refractivity contribution in [2.45, 2.75) is 25.8 Å². The Morgan fingerprint density at radius 2 is 2.00 bits per heavy atom. The zero-order valence-electron chi connectivity index (χ0n) is 14.5. The van der Waals surface area contributed by atoms with E-state index in [0.29, 0.717) is 19.4 Å². The molecule has 0 aliphatic carbocycles. The van der Waals surface area contributed by atoms with Crippen molar-refractivity contribution < 1.29 is 14.3 Å². The second-order valence-corrected chi connectivity index (χ2v) is 6.13. The average Bonchev–Trinajstić information content (AvgIpc) is 3.01. The van der Waals surface area contributed by atoms with Gasteiger partial charge in [0.15, 0.2) is 0 Å². The summed E-state index contributed by atoms with van der Waals surface area (Å²) in [5.41, 5.74) is 2.96. The van der Waals surface area contributed by atoms with Gasteiger partial charge in [-0.05, 0) is 35.7 Å². The summed E-state index contributed by atoms with van der Waals surface area (Å²) in [6, 6.07) is 15.0. The molecule has 0 saturated heterocycles. The van der Waals surface area contributed by atoms with Gasteiger partial charge in [0, 0.05) is 25.6 Å². The van der Waals surface area contributed by atoms with Crippen LogP contribution in [0.15, 0.2) is 48.5 Å². The molecule has 0 saturated carbocycles. The van der Waals surface area contributed by atoms with Crippen molar-refractivity contribution in [1.29, 1.82) is 0 Å². The smallest absolute Gasteiger partial charge is 0.243 e. The standard InChI is InChI=1S/C20H22N2O3/c1-14(23)22-18-9-4-3-7-16(18)13-19(22)20(24)21-11-10-15-6-5-8-17(12-15)25-2/h3-9,12,19H,10-11,13H2,1-2H3,(H,21,24)/t19-/m1/s1. The number of methoxy groups -OCH3 is 1.